The molecular formula is C31H40O12. The first kappa shape index (κ1) is 30.2. The molecule has 0 bridgehead atoms. The molecule has 0 unspecified atom stereocenters. The zero-order valence-electron chi connectivity index (χ0n) is 25.4. The number of ether oxygens (including phenoxy) is 5. The second kappa shape index (κ2) is 9.35. The molecule has 2 N–H and O–H groups in total. The Morgan fingerprint density at radius 3 is 2.40 bits per heavy atom. The summed E-state index contributed by atoms with van der Waals surface area (Å²) in [6.45, 7) is 8.84. The summed E-state index contributed by atoms with van der Waals surface area (Å²) < 4.78 is 34.4. The van der Waals surface area contributed by atoms with Crippen LogP contribution in [-0.2, 0) is 42.9 Å². The number of esters is 3. The molecule has 13 atom stereocenters. The van der Waals surface area contributed by atoms with Crippen LogP contribution >= 0.6 is 0 Å². The van der Waals surface area contributed by atoms with Crippen molar-refractivity contribution in [2.45, 2.75) is 102 Å². The van der Waals surface area contributed by atoms with E-state index in [1.807, 2.05) is 13.0 Å². The Bertz CT molecular complexity index is 1350. The van der Waals surface area contributed by atoms with Crippen molar-refractivity contribution < 1.29 is 57.5 Å². The molecule has 0 amide bonds. The highest BCUT2D eigenvalue weighted by Crippen LogP contribution is 2.79. The van der Waals surface area contributed by atoms with Crippen LogP contribution in [0.15, 0.2) is 23.0 Å². The number of furan rings is 1. The molecule has 2 aliphatic heterocycles. The van der Waals surface area contributed by atoms with E-state index in [0.29, 0.717) is 6.42 Å². The second-order valence-corrected chi connectivity index (χ2v) is 13.9. The molecule has 6 rings (SSSR count). The van der Waals surface area contributed by atoms with Crippen LogP contribution in [0.4, 0.5) is 0 Å². The summed E-state index contributed by atoms with van der Waals surface area (Å²) in [6, 6.07) is 1.84. The van der Waals surface area contributed by atoms with E-state index in [0.717, 1.165) is 19.6 Å². The van der Waals surface area contributed by atoms with Gasteiger partial charge in [0.2, 0.25) is 6.10 Å². The number of ketones is 1. The smallest absolute Gasteiger partial charge is 0.347 e. The van der Waals surface area contributed by atoms with Gasteiger partial charge in [0.05, 0.1) is 49.5 Å². The van der Waals surface area contributed by atoms with Gasteiger partial charge in [-0.15, -0.1) is 0 Å². The number of fused-ring (bicyclic) bond motifs is 3. The molecule has 1 aromatic heterocycles. The summed E-state index contributed by atoms with van der Waals surface area (Å²) in [5.41, 5.74) is -5.82. The molecule has 3 aliphatic carbocycles. The molecule has 12 nitrogen and oxygen atoms in total. The van der Waals surface area contributed by atoms with Gasteiger partial charge >= 0.3 is 17.9 Å². The summed E-state index contributed by atoms with van der Waals surface area (Å²) in [4.78, 5) is 51.7. The first-order chi connectivity index (χ1) is 20.0. The van der Waals surface area contributed by atoms with Gasteiger partial charge in [0.25, 0.3) is 0 Å². The Hall–Kier alpha value is -2.80. The highest BCUT2D eigenvalue weighted by Gasteiger charge is 2.90. The van der Waals surface area contributed by atoms with Gasteiger partial charge in [-0.1, -0.05) is 13.8 Å². The van der Waals surface area contributed by atoms with Crippen LogP contribution in [-0.4, -0.2) is 89.3 Å². The van der Waals surface area contributed by atoms with Gasteiger partial charge in [-0.05, 0) is 31.9 Å². The van der Waals surface area contributed by atoms with Gasteiger partial charge in [0.1, 0.15) is 23.6 Å². The third-order valence-electron chi connectivity index (χ3n) is 11.9. The molecule has 236 valence electrons. The maximum Gasteiger partial charge on any atom is 0.347 e. The van der Waals surface area contributed by atoms with E-state index in [4.69, 9.17) is 28.1 Å². The van der Waals surface area contributed by atoms with E-state index in [-0.39, 0.29) is 24.2 Å². The third kappa shape index (κ3) is 3.57. The number of epoxide rings is 1. The maximum absolute atomic E-state index is 14.0. The SMILES string of the molecule is COC(=O)[C@H](OC(C)=O)[C@@H]1[C@]2(C)[C@H](CC(=O)[C@]1(C)COC(C)=O)O[C@H]1[C@H]2[C@@](C)(O)[C@@]23O[C@@H]2C[C@@H](c2ccoc2)[C@]3(C)[C@H]1O. The number of aliphatic hydroxyl groups excluding tert-OH is 1. The fourth-order valence-electron chi connectivity index (χ4n) is 10.2. The van der Waals surface area contributed by atoms with E-state index in [9.17, 15) is 29.4 Å². The van der Waals surface area contributed by atoms with Crippen molar-refractivity contribution in [3.63, 3.8) is 0 Å². The summed E-state index contributed by atoms with van der Waals surface area (Å²) >= 11 is 0. The van der Waals surface area contributed by atoms with Crippen LogP contribution in [0.2, 0.25) is 0 Å². The average Bonchev–Trinajstić information content (AvgIpc) is 3.19. The lowest BCUT2D eigenvalue weighted by Gasteiger charge is -2.61. The number of aliphatic hydroxyl groups is 2. The van der Waals surface area contributed by atoms with E-state index in [1.54, 1.807) is 33.3 Å². The molecule has 1 spiro atoms. The zero-order valence-corrected chi connectivity index (χ0v) is 25.4. The van der Waals surface area contributed by atoms with Crippen molar-refractivity contribution in [1.29, 1.82) is 0 Å². The van der Waals surface area contributed by atoms with Crippen molar-refractivity contribution in [3.05, 3.63) is 24.2 Å². The van der Waals surface area contributed by atoms with Gasteiger partial charge in [-0.25, -0.2) is 4.79 Å². The van der Waals surface area contributed by atoms with Crippen LogP contribution in [0.25, 0.3) is 0 Å². The Morgan fingerprint density at radius 1 is 1.12 bits per heavy atom. The topological polar surface area (TPSA) is 171 Å². The van der Waals surface area contributed by atoms with Crippen molar-refractivity contribution >= 4 is 23.7 Å². The van der Waals surface area contributed by atoms with Crippen molar-refractivity contribution in [1.82, 2.24) is 0 Å². The average molecular weight is 605 g/mol. The molecule has 1 aromatic rings. The van der Waals surface area contributed by atoms with E-state index >= 15 is 0 Å². The third-order valence-corrected chi connectivity index (χ3v) is 11.9. The highest BCUT2D eigenvalue weighted by molar-refractivity contribution is 5.89. The quantitative estimate of drug-likeness (QED) is 0.274. The van der Waals surface area contributed by atoms with Gasteiger partial charge in [-0.2, -0.15) is 0 Å². The lowest BCUT2D eigenvalue weighted by molar-refractivity contribution is -0.248. The van der Waals surface area contributed by atoms with Crippen molar-refractivity contribution in [3.8, 4) is 0 Å². The number of methoxy groups -OCH3 is 1. The minimum Gasteiger partial charge on any atom is -0.472 e. The molecule has 0 aromatic carbocycles. The molecule has 0 radical (unpaired) electrons. The number of carbonyl (C=O) groups excluding carboxylic acids is 4. The fourth-order valence-corrected chi connectivity index (χ4v) is 10.2. The predicted octanol–water partition coefficient (Wildman–Crippen LogP) is 1.69. The molecule has 2 saturated heterocycles. The zero-order chi connectivity index (χ0) is 31.5. The summed E-state index contributed by atoms with van der Waals surface area (Å²) in [5, 5.41) is 25.1. The van der Waals surface area contributed by atoms with E-state index in [2.05, 4.69) is 0 Å². The van der Waals surface area contributed by atoms with Crippen LogP contribution < -0.4 is 0 Å². The van der Waals surface area contributed by atoms with Gasteiger partial charge in [-0.3, -0.25) is 14.4 Å². The summed E-state index contributed by atoms with van der Waals surface area (Å²) in [6.07, 6.45) is -1.44. The van der Waals surface area contributed by atoms with Gasteiger partial charge < -0.3 is 38.3 Å². The molecular weight excluding hydrogens is 564 g/mol. The normalized spacial score (nSPS) is 48.3. The molecule has 3 saturated carbocycles. The molecule has 5 aliphatic rings. The van der Waals surface area contributed by atoms with E-state index < -0.39 is 88.2 Å². The minimum absolute atomic E-state index is 0.145. The molecule has 12 heteroatoms. The van der Waals surface area contributed by atoms with Crippen LogP contribution in [0.5, 0.6) is 0 Å². The van der Waals surface area contributed by atoms with Crippen LogP contribution in [0.1, 0.15) is 65.9 Å². The minimum atomic E-state index is -1.66. The Kier molecular flexibility index (Phi) is 6.58. The standard InChI is InChI=1S/C31H40O12/c1-14(32)40-13-27(3)18(34)11-19-28(4,23(27)22(26(36)38-7)41-15(2)33)24-21(42-19)25(35)29(5)17(16-8-9-39-12-16)10-20-31(29,43-20)30(24,6)37/h8-9,12,17,19-25,35,37H,10-11,13H2,1-7H3/t17-,19-,20+,21-,22+,23-,24+,25-,27-,28-,29+,30+,31+/m0/s1. The van der Waals surface area contributed by atoms with Gasteiger partial charge in [0.15, 0.2) is 0 Å². The first-order valence-electron chi connectivity index (χ1n) is 14.7. The monoisotopic (exact) mass is 604 g/mol. The Labute approximate surface area is 249 Å². The maximum atomic E-state index is 14.0. The number of Topliss-reactive ketones (excluding diaryl/α,β-unsaturated/α-hetero) is 1. The number of hydrogen-bond donors (Lipinski definition) is 2. The number of hydrogen-bond acceptors (Lipinski definition) is 12. The Morgan fingerprint density at radius 2 is 1.81 bits per heavy atom. The Balaban J connectivity index is 1.54. The predicted molar refractivity (Wildman–Crippen MR) is 144 cm³/mol. The summed E-state index contributed by atoms with van der Waals surface area (Å²) in [7, 11) is 1.14. The highest BCUT2D eigenvalue weighted by atomic mass is 16.6. The van der Waals surface area contributed by atoms with E-state index in [1.165, 1.54) is 6.92 Å². The van der Waals surface area contributed by atoms with Gasteiger partial charge in [0, 0.05) is 48.9 Å². The second-order valence-electron chi connectivity index (χ2n) is 13.9. The largest absolute Gasteiger partial charge is 0.472 e. The number of carbonyl (C=O) groups is 4. The first-order valence-corrected chi connectivity index (χ1v) is 14.7. The number of rotatable bonds is 6. The van der Waals surface area contributed by atoms with Crippen molar-refractivity contribution in [2.75, 3.05) is 13.7 Å². The summed E-state index contributed by atoms with van der Waals surface area (Å²) in [5.74, 6) is -5.02. The fraction of sp³-hybridized carbons (Fsp3) is 0.742. The van der Waals surface area contributed by atoms with Crippen LogP contribution in [0.3, 0.4) is 0 Å². The molecule has 3 heterocycles. The molecule has 43 heavy (non-hydrogen) atoms. The lowest BCUT2D eigenvalue weighted by atomic mass is 9.42. The van der Waals surface area contributed by atoms with Crippen molar-refractivity contribution in [2.24, 2.45) is 28.1 Å². The van der Waals surface area contributed by atoms with Crippen LogP contribution in [0, 0.1) is 28.1 Å². The molecule has 5 fully saturated rings. The lowest BCUT2D eigenvalue weighted by Crippen LogP contribution is -2.74.